The van der Waals surface area contributed by atoms with E-state index in [-0.39, 0.29) is 6.61 Å². The van der Waals surface area contributed by atoms with E-state index in [9.17, 15) is 0 Å². The normalized spacial score (nSPS) is 11.3. The van der Waals surface area contributed by atoms with E-state index in [1.807, 2.05) is 17.8 Å². The van der Waals surface area contributed by atoms with E-state index >= 15 is 0 Å². The molecule has 0 saturated heterocycles. The molecule has 1 N–H and O–H groups in total. The minimum absolute atomic E-state index is 0.119. The van der Waals surface area contributed by atoms with Gasteiger partial charge in [0, 0.05) is 5.69 Å². The number of aromatic nitrogens is 5. The van der Waals surface area contributed by atoms with Crippen LogP contribution >= 0.6 is 0 Å². The Morgan fingerprint density at radius 3 is 2.70 bits per heavy atom. The minimum atomic E-state index is -0.119. The van der Waals surface area contributed by atoms with Gasteiger partial charge in [0.05, 0.1) is 25.0 Å². The fourth-order valence-corrected chi connectivity index (χ4v) is 2.78. The molecular formula is C16H21N5O2. The van der Waals surface area contributed by atoms with Gasteiger partial charge in [-0.2, -0.15) is 5.10 Å². The first-order valence-electron chi connectivity index (χ1n) is 7.75. The lowest BCUT2D eigenvalue weighted by Gasteiger charge is -2.04. The molecule has 0 unspecified atom stereocenters. The zero-order valence-electron chi connectivity index (χ0n) is 13.7. The van der Waals surface area contributed by atoms with Crippen LogP contribution in [0.4, 0.5) is 0 Å². The number of aliphatic hydroxyl groups is 1. The van der Waals surface area contributed by atoms with Crippen LogP contribution in [0.5, 0.6) is 0 Å². The molecule has 0 atom stereocenters. The van der Waals surface area contributed by atoms with E-state index < -0.39 is 0 Å². The molecule has 0 aliphatic heterocycles. The molecule has 0 aliphatic carbocycles. The van der Waals surface area contributed by atoms with Gasteiger partial charge in [-0.25, -0.2) is 4.68 Å². The highest BCUT2D eigenvalue weighted by atomic mass is 16.4. The highest BCUT2D eigenvalue weighted by molar-refractivity contribution is 5.50. The summed E-state index contributed by atoms with van der Waals surface area (Å²) in [7, 11) is 0. The lowest BCUT2D eigenvalue weighted by molar-refractivity contribution is 0.248. The second kappa shape index (κ2) is 6.37. The molecule has 0 aliphatic rings. The van der Waals surface area contributed by atoms with E-state index in [0.717, 1.165) is 18.7 Å². The van der Waals surface area contributed by atoms with Crippen LogP contribution in [0, 0.1) is 13.8 Å². The van der Waals surface area contributed by atoms with Crippen molar-refractivity contribution in [1.29, 1.82) is 0 Å². The molecule has 3 aromatic rings. The van der Waals surface area contributed by atoms with Crippen molar-refractivity contribution in [2.24, 2.45) is 0 Å². The van der Waals surface area contributed by atoms with E-state index in [4.69, 9.17) is 9.52 Å². The van der Waals surface area contributed by atoms with Crippen LogP contribution in [0.15, 0.2) is 22.7 Å². The molecule has 3 rings (SSSR count). The standard InChI is InChI=1S/C16H21N5O2/c1-4-14-11(2)18-21(12(14)3)8-7-20-9-15(17-19-20)16-6-5-13(10-22)23-16/h5-6,9,22H,4,7-8,10H2,1-3H3. The van der Waals surface area contributed by atoms with Gasteiger partial charge in [-0.3, -0.25) is 4.68 Å². The molecule has 0 aromatic carbocycles. The smallest absolute Gasteiger partial charge is 0.156 e. The van der Waals surface area contributed by atoms with Crippen molar-refractivity contribution < 1.29 is 9.52 Å². The summed E-state index contributed by atoms with van der Waals surface area (Å²) in [4.78, 5) is 0. The lowest BCUT2D eigenvalue weighted by Crippen LogP contribution is -2.10. The maximum atomic E-state index is 9.04. The van der Waals surface area contributed by atoms with Crippen molar-refractivity contribution in [3.05, 3.63) is 41.0 Å². The molecule has 0 spiro atoms. The van der Waals surface area contributed by atoms with Gasteiger partial charge in [0.1, 0.15) is 18.1 Å². The van der Waals surface area contributed by atoms with E-state index in [2.05, 4.69) is 29.3 Å². The van der Waals surface area contributed by atoms with E-state index in [1.54, 1.807) is 16.8 Å². The van der Waals surface area contributed by atoms with Gasteiger partial charge in [-0.1, -0.05) is 12.1 Å². The number of hydrogen-bond donors (Lipinski definition) is 1. The third-order valence-corrected chi connectivity index (χ3v) is 4.03. The van der Waals surface area contributed by atoms with Gasteiger partial charge in [-0.05, 0) is 38.0 Å². The number of aryl methyl sites for hydroxylation is 3. The summed E-state index contributed by atoms with van der Waals surface area (Å²) in [5, 5.41) is 21.9. The Labute approximate surface area is 134 Å². The SMILES string of the molecule is CCc1c(C)nn(CCn2cc(-c3ccc(CO)o3)nn2)c1C. The fourth-order valence-electron chi connectivity index (χ4n) is 2.78. The van der Waals surface area contributed by atoms with Crippen molar-refractivity contribution in [2.45, 2.75) is 46.9 Å². The Hall–Kier alpha value is -2.41. The Kier molecular flexibility index (Phi) is 4.29. The monoisotopic (exact) mass is 315 g/mol. The summed E-state index contributed by atoms with van der Waals surface area (Å²) in [6.07, 6.45) is 2.84. The lowest BCUT2D eigenvalue weighted by atomic mass is 10.1. The average Bonchev–Trinajstić information content (AvgIpc) is 3.24. The minimum Gasteiger partial charge on any atom is -0.457 e. The third kappa shape index (κ3) is 3.05. The van der Waals surface area contributed by atoms with Crippen LogP contribution in [-0.4, -0.2) is 29.9 Å². The molecule has 3 heterocycles. The first kappa shape index (κ1) is 15.5. The summed E-state index contributed by atoms with van der Waals surface area (Å²) < 4.78 is 9.26. The van der Waals surface area contributed by atoms with Crippen molar-refractivity contribution in [1.82, 2.24) is 24.8 Å². The van der Waals surface area contributed by atoms with E-state index in [1.165, 1.54) is 11.3 Å². The number of rotatable bonds is 6. The Morgan fingerprint density at radius 1 is 1.22 bits per heavy atom. The summed E-state index contributed by atoms with van der Waals surface area (Å²) in [6, 6.07) is 3.52. The summed E-state index contributed by atoms with van der Waals surface area (Å²) in [6.45, 7) is 7.61. The summed E-state index contributed by atoms with van der Waals surface area (Å²) in [5.74, 6) is 1.13. The van der Waals surface area contributed by atoms with Crippen LogP contribution in [-0.2, 0) is 26.1 Å². The predicted molar refractivity (Wildman–Crippen MR) is 84.7 cm³/mol. The summed E-state index contributed by atoms with van der Waals surface area (Å²) in [5.41, 5.74) is 4.28. The van der Waals surface area contributed by atoms with Gasteiger partial charge < -0.3 is 9.52 Å². The molecule has 0 radical (unpaired) electrons. The number of furan rings is 1. The van der Waals surface area contributed by atoms with Gasteiger partial charge in [0.15, 0.2) is 5.76 Å². The zero-order valence-corrected chi connectivity index (χ0v) is 13.7. The van der Waals surface area contributed by atoms with Crippen LogP contribution in [0.25, 0.3) is 11.5 Å². The molecule has 3 aromatic heterocycles. The summed E-state index contributed by atoms with van der Waals surface area (Å²) >= 11 is 0. The largest absolute Gasteiger partial charge is 0.457 e. The topological polar surface area (TPSA) is 81.9 Å². The average molecular weight is 315 g/mol. The van der Waals surface area contributed by atoms with E-state index in [0.29, 0.717) is 23.8 Å². The van der Waals surface area contributed by atoms with Crippen molar-refractivity contribution in [2.75, 3.05) is 0 Å². The first-order chi connectivity index (χ1) is 11.1. The maximum absolute atomic E-state index is 9.04. The Balaban J connectivity index is 1.70. The second-order valence-electron chi connectivity index (χ2n) is 5.52. The van der Waals surface area contributed by atoms with Crippen molar-refractivity contribution in [3.8, 4) is 11.5 Å². The Bertz CT molecular complexity index is 799. The molecular weight excluding hydrogens is 294 g/mol. The molecule has 7 heteroatoms. The van der Waals surface area contributed by atoms with Gasteiger partial charge >= 0.3 is 0 Å². The fraction of sp³-hybridized carbons (Fsp3) is 0.438. The molecule has 23 heavy (non-hydrogen) atoms. The van der Waals surface area contributed by atoms with Crippen molar-refractivity contribution in [3.63, 3.8) is 0 Å². The second-order valence-corrected chi connectivity index (χ2v) is 5.52. The first-order valence-corrected chi connectivity index (χ1v) is 7.75. The Morgan fingerprint density at radius 2 is 2.04 bits per heavy atom. The molecule has 7 nitrogen and oxygen atoms in total. The predicted octanol–water partition coefficient (Wildman–Crippen LogP) is 2.11. The zero-order chi connectivity index (χ0) is 16.4. The molecule has 0 amide bonds. The third-order valence-electron chi connectivity index (χ3n) is 4.03. The van der Waals surface area contributed by atoms with Crippen LogP contribution in [0.1, 0.15) is 29.6 Å². The number of nitrogens with zero attached hydrogens (tertiary/aromatic N) is 5. The molecule has 0 bridgehead atoms. The van der Waals surface area contributed by atoms with Gasteiger partial charge in [-0.15, -0.1) is 5.10 Å². The van der Waals surface area contributed by atoms with Gasteiger partial charge in [0.2, 0.25) is 0 Å². The van der Waals surface area contributed by atoms with Crippen molar-refractivity contribution >= 4 is 0 Å². The van der Waals surface area contributed by atoms with Crippen LogP contribution in [0.2, 0.25) is 0 Å². The molecule has 122 valence electrons. The quantitative estimate of drug-likeness (QED) is 0.753. The number of hydrogen-bond acceptors (Lipinski definition) is 5. The molecule has 0 saturated carbocycles. The van der Waals surface area contributed by atoms with Crippen LogP contribution < -0.4 is 0 Å². The number of aliphatic hydroxyl groups excluding tert-OH is 1. The van der Waals surface area contributed by atoms with Gasteiger partial charge in [0.25, 0.3) is 0 Å². The molecule has 0 fully saturated rings. The highest BCUT2D eigenvalue weighted by Gasteiger charge is 2.11. The highest BCUT2D eigenvalue weighted by Crippen LogP contribution is 2.19. The maximum Gasteiger partial charge on any atom is 0.156 e. The van der Waals surface area contributed by atoms with Crippen LogP contribution in [0.3, 0.4) is 0 Å².